The molecule has 0 saturated heterocycles. The second kappa shape index (κ2) is 5.09. The fourth-order valence-electron chi connectivity index (χ4n) is 1.31. The number of carbonyl (C=O) groups is 1. The number of carboxylic acids is 1. The summed E-state index contributed by atoms with van der Waals surface area (Å²) in [6, 6.07) is 0. The predicted octanol–water partition coefficient (Wildman–Crippen LogP) is 2.25. The third kappa shape index (κ3) is 2.52. The summed E-state index contributed by atoms with van der Waals surface area (Å²) < 4.78 is 12.1. The Morgan fingerprint density at radius 2 is 2.53 bits per heavy atom. The quantitative estimate of drug-likeness (QED) is 0.732. The molecule has 0 fully saturated rings. The standard InChI is InChI=1S/C10H11FN2O2/c1-2-3-7(4-5-11)9-8(10(14)15)6-12-13-9/h2,4-7H,1,3H2,(H,12,13)(H,14,15). The summed E-state index contributed by atoms with van der Waals surface area (Å²) in [4.78, 5) is 10.8. The summed E-state index contributed by atoms with van der Waals surface area (Å²) in [6.45, 7) is 3.53. The third-order valence-corrected chi connectivity index (χ3v) is 2.00. The summed E-state index contributed by atoms with van der Waals surface area (Å²) in [5.41, 5.74) is 0.441. The Morgan fingerprint density at radius 3 is 3.07 bits per heavy atom. The summed E-state index contributed by atoms with van der Waals surface area (Å²) in [5.74, 6) is -1.46. The number of aromatic carboxylic acids is 1. The molecule has 0 spiro atoms. The van der Waals surface area contributed by atoms with Crippen LogP contribution in [0, 0.1) is 0 Å². The molecule has 0 aliphatic carbocycles. The van der Waals surface area contributed by atoms with Crippen LogP contribution in [0.2, 0.25) is 0 Å². The van der Waals surface area contributed by atoms with Gasteiger partial charge in [-0.15, -0.1) is 6.58 Å². The number of aromatic nitrogens is 2. The smallest absolute Gasteiger partial charge is 0.339 e. The summed E-state index contributed by atoms with van der Waals surface area (Å²) in [6.07, 6.45) is 4.90. The number of nitrogens with one attached hydrogen (secondary N) is 1. The molecule has 0 aliphatic heterocycles. The zero-order valence-corrected chi connectivity index (χ0v) is 7.98. The number of nitrogens with zero attached hydrogens (tertiary/aromatic N) is 1. The van der Waals surface area contributed by atoms with E-state index in [0.29, 0.717) is 18.4 Å². The molecule has 0 aromatic carbocycles. The number of hydrogen-bond acceptors (Lipinski definition) is 2. The van der Waals surface area contributed by atoms with Crippen molar-refractivity contribution in [2.24, 2.45) is 0 Å². The molecular formula is C10H11FN2O2. The molecule has 5 heteroatoms. The van der Waals surface area contributed by atoms with E-state index in [4.69, 9.17) is 5.11 Å². The fraction of sp³-hybridized carbons (Fsp3) is 0.200. The van der Waals surface area contributed by atoms with Crippen LogP contribution in [0.3, 0.4) is 0 Å². The number of allylic oxidation sites excluding steroid dienone is 2. The van der Waals surface area contributed by atoms with Crippen molar-refractivity contribution >= 4 is 5.97 Å². The molecule has 2 N–H and O–H groups in total. The van der Waals surface area contributed by atoms with Gasteiger partial charge in [0.15, 0.2) is 0 Å². The van der Waals surface area contributed by atoms with E-state index in [9.17, 15) is 9.18 Å². The Morgan fingerprint density at radius 1 is 1.80 bits per heavy atom. The van der Waals surface area contributed by atoms with E-state index in [0.717, 1.165) is 0 Å². The molecule has 1 aromatic rings. The van der Waals surface area contributed by atoms with E-state index in [2.05, 4.69) is 16.8 Å². The Kier molecular flexibility index (Phi) is 3.79. The lowest BCUT2D eigenvalue weighted by Crippen LogP contribution is -2.04. The first-order valence-electron chi connectivity index (χ1n) is 4.35. The van der Waals surface area contributed by atoms with E-state index in [-0.39, 0.29) is 11.5 Å². The maximum Gasteiger partial charge on any atom is 0.339 e. The van der Waals surface area contributed by atoms with Gasteiger partial charge in [-0.25, -0.2) is 9.18 Å². The average molecular weight is 210 g/mol. The fourth-order valence-corrected chi connectivity index (χ4v) is 1.31. The molecule has 0 aliphatic rings. The summed E-state index contributed by atoms with van der Waals surface area (Å²) in [5, 5.41) is 15.0. The molecule has 4 nitrogen and oxygen atoms in total. The van der Waals surface area contributed by atoms with Crippen molar-refractivity contribution in [3.63, 3.8) is 0 Å². The van der Waals surface area contributed by atoms with Gasteiger partial charge in [0.25, 0.3) is 0 Å². The maximum absolute atomic E-state index is 12.1. The van der Waals surface area contributed by atoms with Crippen molar-refractivity contribution < 1.29 is 14.3 Å². The van der Waals surface area contributed by atoms with E-state index in [1.807, 2.05) is 0 Å². The van der Waals surface area contributed by atoms with Crippen molar-refractivity contribution in [1.82, 2.24) is 10.2 Å². The lowest BCUT2D eigenvalue weighted by Gasteiger charge is -2.07. The Labute approximate surface area is 86.1 Å². The van der Waals surface area contributed by atoms with E-state index in [1.54, 1.807) is 6.08 Å². The number of hydrogen-bond donors (Lipinski definition) is 2. The lowest BCUT2D eigenvalue weighted by atomic mass is 9.98. The van der Waals surface area contributed by atoms with Crippen molar-refractivity contribution in [2.75, 3.05) is 0 Å². The first-order valence-corrected chi connectivity index (χ1v) is 4.35. The van der Waals surface area contributed by atoms with Crippen LogP contribution in [-0.2, 0) is 0 Å². The van der Waals surface area contributed by atoms with Gasteiger partial charge in [-0.2, -0.15) is 5.10 Å². The van der Waals surface area contributed by atoms with Crippen LogP contribution in [-0.4, -0.2) is 21.3 Å². The minimum atomic E-state index is -1.08. The Hall–Kier alpha value is -1.91. The zero-order chi connectivity index (χ0) is 11.3. The van der Waals surface area contributed by atoms with E-state index >= 15 is 0 Å². The monoisotopic (exact) mass is 210 g/mol. The van der Waals surface area contributed by atoms with Gasteiger partial charge in [0.2, 0.25) is 0 Å². The number of carboxylic acid groups (broad SMARTS) is 1. The van der Waals surface area contributed by atoms with Crippen LogP contribution in [0.25, 0.3) is 0 Å². The van der Waals surface area contributed by atoms with Gasteiger partial charge in [-0.3, -0.25) is 5.10 Å². The number of aromatic amines is 1. The van der Waals surface area contributed by atoms with Gasteiger partial charge in [0.05, 0.1) is 18.2 Å². The largest absolute Gasteiger partial charge is 0.478 e. The molecule has 1 unspecified atom stereocenters. The van der Waals surface area contributed by atoms with Crippen LogP contribution in [0.5, 0.6) is 0 Å². The van der Waals surface area contributed by atoms with Crippen molar-refractivity contribution in [2.45, 2.75) is 12.3 Å². The molecule has 15 heavy (non-hydrogen) atoms. The summed E-state index contributed by atoms with van der Waals surface area (Å²) >= 11 is 0. The van der Waals surface area contributed by atoms with Crippen LogP contribution < -0.4 is 0 Å². The van der Waals surface area contributed by atoms with Crippen LogP contribution >= 0.6 is 0 Å². The summed E-state index contributed by atoms with van der Waals surface area (Å²) in [7, 11) is 0. The molecule has 1 heterocycles. The molecule has 0 amide bonds. The SMILES string of the molecule is C=CCC(C=CF)c1[nH]ncc1C(=O)O. The molecular weight excluding hydrogens is 199 g/mol. The normalized spacial score (nSPS) is 12.9. The molecule has 80 valence electrons. The van der Waals surface area contributed by atoms with Gasteiger partial charge >= 0.3 is 5.97 Å². The van der Waals surface area contributed by atoms with Crippen molar-refractivity contribution in [1.29, 1.82) is 0 Å². The van der Waals surface area contributed by atoms with Gasteiger partial charge < -0.3 is 5.11 Å². The molecule has 0 radical (unpaired) electrons. The minimum Gasteiger partial charge on any atom is -0.478 e. The van der Waals surface area contributed by atoms with Crippen LogP contribution in [0.15, 0.2) is 31.3 Å². The Balaban J connectivity index is 3.04. The minimum absolute atomic E-state index is 0.0555. The van der Waals surface area contributed by atoms with Gasteiger partial charge in [0, 0.05) is 5.92 Å². The second-order valence-corrected chi connectivity index (χ2v) is 2.95. The second-order valence-electron chi connectivity index (χ2n) is 2.95. The highest BCUT2D eigenvalue weighted by Crippen LogP contribution is 2.23. The van der Waals surface area contributed by atoms with Crippen molar-refractivity contribution in [3.05, 3.63) is 42.5 Å². The number of rotatable bonds is 5. The van der Waals surface area contributed by atoms with E-state index < -0.39 is 5.97 Å². The highest BCUT2D eigenvalue weighted by molar-refractivity contribution is 5.88. The Bertz CT molecular complexity index is 385. The molecule has 1 aromatic heterocycles. The average Bonchev–Trinajstić information content (AvgIpc) is 2.65. The topological polar surface area (TPSA) is 66.0 Å². The first kappa shape index (κ1) is 11.2. The highest BCUT2D eigenvalue weighted by atomic mass is 19.1. The number of halogens is 1. The van der Waals surface area contributed by atoms with Crippen LogP contribution in [0.1, 0.15) is 28.4 Å². The van der Waals surface area contributed by atoms with Crippen LogP contribution in [0.4, 0.5) is 4.39 Å². The van der Waals surface area contributed by atoms with E-state index in [1.165, 1.54) is 12.3 Å². The lowest BCUT2D eigenvalue weighted by molar-refractivity contribution is 0.0695. The zero-order valence-electron chi connectivity index (χ0n) is 7.98. The molecule has 1 rings (SSSR count). The highest BCUT2D eigenvalue weighted by Gasteiger charge is 2.18. The predicted molar refractivity (Wildman–Crippen MR) is 53.4 cm³/mol. The number of H-pyrrole nitrogens is 1. The molecule has 0 bridgehead atoms. The van der Waals surface area contributed by atoms with Gasteiger partial charge in [-0.05, 0) is 12.5 Å². The first-order chi connectivity index (χ1) is 7.20. The molecule has 1 atom stereocenters. The van der Waals surface area contributed by atoms with Crippen molar-refractivity contribution in [3.8, 4) is 0 Å². The third-order valence-electron chi connectivity index (χ3n) is 2.00. The molecule has 0 saturated carbocycles. The van der Waals surface area contributed by atoms with Gasteiger partial charge in [0.1, 0.15) is 5.56 Å². The maximum atomic E-state index is 12.1. The van der Waals surface area contributed by atoms with Gasteiger partial charge in [-0.1, -0.05) is 6.08 Å².